The third kappa shape index (κ3) is 0.965. The van der Waals surface area contributed by atoms with Crippen molar-refractivity contribution < 1.29 is 0 Å². The lowest BCUT2D eigenvalue weighted by Gasteiger charge is -2.01. The minimum absolute atomic E-state index is 0.00218. The third-order valence-corrected chi connectivity index (χ3v) is 3.30. The molecule has 0 spiro atoms. The Hall–Kier alpha value is -0.0500. The monoisotopic (exact) mass is 173 g/mol. The first-order chi connectivity index (χ1) is 4.71. The lowest BCUT2D eigenvalue weighted by Crippen LogP contribution is -2.16. The van der Waals surface area contributed by atoms with Crippen molar-refractivity contribution in [3.8, 4) is 0 Å². The summed E-state index contributed by atoms with van der Waals surface area (Å²) in [5.41, 5.74) is 5.93. The Kier molecular flexibility index (Phi) is 1.31. The first-order valence-electron chi connectivity index (χ1n) is 3.25. The molecule has 1 fully saturated rings. The highest BCUT2D eigenvalue weighted by Crippen LogP contribution is 2.46. The van der Waals surface area contributed by atoms with Crippen LogP contribution in [-0.4, -0.2) is 0 Å². The highest BCUT2D eigenvalue weighted by atomic mass is 35.5. The van der Waals surface area contributed by atoms with E-state index in [1.807, 2.05) is 12.1 Å². The molecule has 0 aromatic carbocycles. The molecule has 1 saturated carbocycles. The Bertz CT molecular complexity index is 252. The Balaban J connectivity index is 2.34. The zero-order chi connectivity index (χ0) is 7.19. The summed E-state index contributed by atoms with van der Waals surface area (Å²) in [7, 11) is 0. The van der Waals surface area contributed by atoms with Crippen LogP contribution in [0.3, 0.4) is 0 Å². The summed E-state index contributed by atoms with van der Waals surface area (Å²) in [4.78, 5) is 1.23. The number of hydrogen-bond donors (Lipinski definition) is 1. The standard InChI is InChI=1S/C7H8ClNS/c8-6-2-1-5(10-6)7(9)3-4-7/h1-2H,3-4,9H2. The van der Waals surface area contributed by atoms with Gasteiger partial charge in [0.15, 0.2) is 0 Å². The first-order valence-corrected chi connectivity index (χ1v) is 4.45. The van der Waals surface area contributed by atoms with Crippen molar-refractivity contribution in [2.75, 3.05) is 0 Å². The van der Waals surface area contributed by atoms with Crippen molar-refractivity contribution >= 4 is 22.9 Å². The minimum atomic E-state index is -0.00218. The summed E-state index contributed by atoms with van der Waals surface area (Å²) in [5, 5.41) is 0. The van der Waals surface area contributed by atoms with Crippen LogP contribution in [0, 0.1) is 0 Å². The number of rotatable bonds is 1. The van der Waals surface area contributed by atoms with E-state index in [0.717, 1.165) is 17.2 Å². The largest absolute Gasteiger partial charge is 0.321 e. The van der Waals surface area contributed by atoms with Gasteiger partial charge < -0.3 is 5.73 Å². The summed E-state index contributed by atoms with van der Waals surface area (Å²) in [6.07, 6.45) is 2.23. The zero-order valence-electron chi connectivity index (χ0n) is 5.43. The van der Waals surface area contributed by atoms with Gasteiger partial charge in [-0.25, -0.2) is 0 Å². The molecule has 1 heterocycles. The van der Waals surface area contributed by atoms with E-state index in [2.05, 4.69) is 0 Å². The van der Waals surface area contributed by atoms with E-state index in [0.29, 0.717) is 0 Å². The summed E-state index contributed by atoms with van der Waals surface area (Å²) in [5.74, 6) is 0. The van der Waals surface area contributed by atoms with Gasteiger partial charge in [-0.15, -0.1) is 11.3 Å². The SMILES string of the molecule is NC1(c2ccc(Cl)s2)CC1. The second-order valence-electron chi connectivity index (χ2n) is 2.76. The van der Waals surface area contributed by atoms with Gasteiger partial charge in [0.1, 0.15) is 0 Å². The normalized spacial score (nSPS) is 21.0. The molecule has 1 aliphatic carbocycles. The van der Waals surface area contributed by atoms with Crippen LogP contribution in [0.1, 0.15) is 17.7 Å². The second kappa shape index (κ2) is 1.97. The molecule has 10 heavy (non-hydrogen) atoms. The van der Waals surface area contributed by atoms with Crippen LogP contribution in [0.4, 0.5) is 0 Å². The maximum Gasteiger partial charge on any atom is 0.0931 e. The fourth-order valence-corrected chi connectivity index (χ4v) is 2.16. The Morgan fingerprint density at radius 2 is 2.20 bits per heavy atom. The van der Waals surface area contributed by atoms with E-state index in [9.17, 15) is 0 Å². The maximum atomic E-state index is 5.93. The van der Waals surface area contributed by atoms with Crippen LogP contribution in [0.5, 0.6) is 0 Å². The number of nitrogens with two attached hydrogens (primary N) is 1. The Labute approximate surface area is 68.8 Å². The van der Waals surface area contributed by atoms with Crippen molar-refractivity contribution in [2.24, 2.45) is 5.73 Å². The topological polar surface area (TPSA) is 26.0 Å². The molecule has 0 amide bonds. The van der Waals surface area contributed by atoms with E-state index in [1.165, 1.54) is 4.88 Å². The van der Waals surface area contributed by atoms with Crippen molar-refractivity contribution in [1.29, 1.82) is 0 Å². The van der Waals surface area contributed by atoms with Gasteiger partial charge in [0.2, 0.25) is 0 Å². The van der Waals surface area contributed by atoms with Gasteiger partial charge in [-0.3, -0.25) is 0 Å². The summed E-state index contributed by atoms with van der Waals surface area (Å²) in [6, 6.07) is 3.94. The van der Waals surface area contributed by atoms with Crippen molar-refractivity contribution in [3.05, 3.63) is 21.3 Å². The highest BCUT2D eigenvalue weighted by Gasteiger charge is 2.41. The molecular formula is C7H8ClNS. The molecule has 2 rings (SSSR count). The number of thiophene rings is 1. The molecule has 1 nitrogen and oxygen atoms in total. The summed E-state index contributed by atoms with van der Waals surface area (Å²) in [6.45, 7) is 0. The van der Waals surface area contributed by atoms with Gasteiger partial charge in [-0.05, 0) is 25.0 Å². The molecule has 1 aromatic rings. The van der Waals surface area contributed by atoms with Gasteiger partial charge in [-0.2, -0.15) is 0 Å². The van der Waals surface area contributed by atoms with E-state index < -0.39 is 0 Å². The molecule has 0 aliphatic heterocycles. The highest BCUT2D eigenvalue weighted by molar-refractivity contribution is 7.16. The fraction of sp³-hybridized carbons (Fsp3) is 0.429. The van der Waals surface area contributed by atoms with E-state index >= 15 is 0 Å². The lowest BCUT2D eigenvalue weighted by molar-refractivity contribution is 0.759. The van der Waals surface area contributed by atoms with Gasteiger partial charge in [0.25, 0.3) is 0 Å². The third-order valence-electron chi connectivity index (χ3n) is 1.85. The Morgan fingerprint density at radius 1 is 1.50 bits per heavy atom. The predicted octanol–water partition coefficient (Wildman–Crippen LogP) is 2.35. The molecule has 1 aliphatic rings. The Morgan fingerprint density at radius 3 is 2.60 bits per heavy atom. The van der Waals surface area contributed by atoms with Crippen LogP contribution in [-0.2, 0) is 5.54 Å². The van der Waals surface area contributed by atoms with Crippen LogP contribution in [0.15, 0.2) is 12.1 Å². The molecule has 0 bridgehead atoms. The quantitative estimate of drug-likeness (QED) is 0.693. The molecule has 1 aromatic heterocycles. The van der Waals surface area contributed by atoms with E-state index in [4.69, 9.17) is 17.3 Å². The summed E-state index contributed by atoms with van der Waals surface area (Å²) < 4.78 is 0.840. The molecule has 0 unspecified atom stereocenters. The van der Waals surface area contributed by atoms with Crippen molar-refractivity contribution in [1.82, 2.24) is 0 Å². The van der Waals surface area contributed by atoms with E-state index in [-0.39, 0.29) is 5.54 Å². The van der Waals surface area contributed by atoms with Crippen LogP contribution >= 0.6 is 22.9 Å². The van der Waals surface area contributed by atoms with Crippen molar-refractivity contribution in [3.63, 3.8) is 0 Å². The van der Waals surface area contributed by atoms with Crippen LogP contribution < -0.4 is 5.73 Å². The smallest absolute Gasteiger partial charge is 0.0931 e. The number of halogens is 1. The van der Waals surface area contributed by atoms with Gasteiger partial charge >= 0.3 is 0 Å². The first kappa shape index (κ1) is 6.65. The molecule has 54 valence electrons. The van der Waals surface area contributed by atoms with Crippen molar-refractivity contribution in [2.45, 2.75) is 18.4 Å². The number of hydrogen-bond acceptors (Lipinski definition) is 2. The molecule has 0 saturated heterocycles. The molecule has 3 heteroatoms. The van der Waals surface area contributed by atoms with Crippen LogP contribution in [0.2, 0.25) is 4.34 Å². The second-order valence-corrected chi connectivity index (χ2v) is 4.47. The molecule has 0 radical (unpaired) electrons. The van der Waals surface area contributed by atoms with Crippen LogP contribution in [0.25, 0.3) is 0 Å². The average molecular weight is 174 g/mol. The fourth-order valence-electron chi connectivity index (χ4n) is 0.963. The minimum Gasteiger partial charge on any atom is -0.321 e. The summed E-state index contributed by atoms with van der Waals surface area (Å²) >= 11 is 7.35. The maximum absolute atomic E-state index is 5.93. The zero-order valence-corrected chi connectivity index (χ0v) is 7.00. The molecule has 0 atom stereocenters. The lowest BCUT2D eigenvalue weighted by atomic mass is 10.2. The van der Waals surface area contributed by atoms with Gasteiger partial charge in [0.05, 0.1) is 9.88 Å². The van der Waals surface area contributed by atoms with Gasteiger partial charge in [0, 0.05) is 4.88 Å². The van der Waals surface area contributed by atoms with Gasteiger partial charge in [-0.1, -0.05) is 11.6 Å². The molecular weight excluding hydrogens is 166 g/mol. The molecule has 2 N–H and O–H groups in total. The average Bonchev–Trinajstić information content (AvgIpc) is 2.45. The van der Waals surface area contributed by atoms with E-state index in [1.54, 1.807) is 11.3 Å². The predicted molar refractivity (Wildman–Crippen MR) is 44.4 cm³/mol.